The first kappa shape index (κ1) is 22.4. The molecule has 34 heavy (non-hydrogen) atoms. The Kier molecular flexibility index (Phi) is 5.53. The van der Waals surface area contributed by atoms with Gasteiger partial charge in [-0.1, -0.05) is 35.2 Å². The van der Waals surface area contributed by atoms with E-state index in [2.05, 4.69) is 5.10 Å². The minimum Gasteiger partial charge on any atom is -0.277 e. The summed E-state index contributed by atoms with van der Waals surface area (Å²) in [7, 11) is 0. The van der Waals surface area contributed by atoms with Gasteiger partial charge in [0.05, 0.1) is 16.9 Å². The number of nitrogens with one attached hydrogen (secondary N) is 1. The number of rotatable bonds is 3. The molecule has 1 aliphatic heterocycles. The van der Waals surface area contributed by atoms with Gasteiger partial charge in [0.15, 0.2) is 0 Å². The third kappa shape index (κ3) is 4.12. The molecule has 0 bridgehead atoms. The molecule has 1 amide bonds. The normalized spacial score (nSPS) is 12.9. The number of carbonyl (C=O) groups excluding carboxylic acids is 1. The molecule has 1 N–H and O–H groups in total. The number of nitrogens with zero attached hydrogens (tertiary/aromatic N) is 3. The van der Waals surface area contributed by atoms with Crippen LogP contribution in [-0.2, 0) is 17.5 Å². The highest BCUT2D eigenvalue weighted by Gasteiger charge is 2.35. The molecule has 4 aromatic rings. The van der Waals surface area contributed by atoms with E-state index in [4.69, 9.17) is 5.41 Å². The third-order valence-corrected chi connectivity index (χ3v) is 7.16. The van der Waals surface area contributed by atoms with Gasteiger partial charge in [-0.3, -0.25) is 15.1 Å². The molecule has 3 aromatic carbocycles. The number of hydrogen-bond donors (Lipinski definition) is 1. The Morgan fingerprint density at radius 1 is 0.971 bits per heavy atom. The van der Waals surface area contributed by atoms with Crippen LogP contribution < -0.4 is 9.70 Å². The van der Waals surface area contributed by atoms with Crippen molar-refractivity contribution in [3.05, 3.63) is 82.9 Å². The smallest absolute Gasteiger partial charge is 0.277 e. The van der Waals surface area contributed by atoms with E-state index >= 15 is 0 Å². The molecule has 0 atom stereocenters. The average molecular weight is 503 g/mol. The second-order valence-electron chi connectivity index (χ2n) is 7.36. The first-order chi connectivity index (χ1) is 16.2. The number of fused-ring (bicyclic) bond motifs is 2. The summed E-state index contributed by atoms with van der Waals surface area (Å²) in [5.74, 6) is -0.948. The molecule has 5 rings (SSSR count). The van der Waals surface area contributed by atoms with Crippen molar-refractivity contribution in [2.24, 2.45) is 0 Å². The van der Waals surface area contributed by atoms with Gasteiger partial charge in [-0.2, -0.15) is 18.3 Å². The fraction of sp³-hybridized carbons (Fsp3) is 0.0870. The number of amides is 1. The Morgan fingerprint density at radius 3 is 2.41 bits per heavy atom. The highest BCUT2D eigenvalue weighted by atomic mass is 32.2. The molecule has 0 unspecified atom stereocenters. The summed E-state index contributed by atoms with van der Waals surface area (Å²) in [6.07, 6.45) is -4.56. The minimum atomic E-state index is -4.56. The van der Waals surface area contributed by atoms with E-state index in [1.807, 2.05) is 0 Å². The van der Waals surface area contributed by atoms with Crippen LogP contribution in [-0.4, -0.2) is 15.7 Å². The SMILES string of the molecule is N=c1sc(-c2ccc(F)cc2)nn1CC(=O)N1c2ccccc2Sc2ccc(C(F)(F)F)cc21. The van der Waals surface area contributed by atoms with Crippen LogP contribution in [0.3, 0.4) is 0 Å². The van der Waals surface area contributed by atoms with Gasteiger partial charge in [0.1, 0.15) is 17.4 Å². The van der Waals surface area contributed by atoms with E-state index in [-0.39, 0.29) is 17.0 Å². The fourth-order valence-electron chi connectivity index (χ4n) is 3.53. The summed E-state index contributed by atoms with van der Waals surface area (Å²) in [5.41, 5.74) is 0.325. The van der Waals surface area contributed by atoms with Crippen LogP contribution in [0.2, 0.25) is 0 Å². The number of para-hydroxylation sites is 1. The molecule has 1 aliphatic rings. The fourth-order valence-corrected chi connectivity index (χ4v) is 5.36. The molecule has 2 heterocycles. The monoisotopic (exact) mass is 502 g/mol. The van der Waals surface area contributed by atoms with Gasteiger partial charge in [0.25, 0.3) is 5.91 Å². The number of alkyl halides is 3. The van der Waals surface area contributed by atoms with Gasteiger partial charge < -0.3 is 0 Å². The molecule has 0 spiro atoms. The molecule has 11 heteroatoms. The zero-order valence-electron chi connectivity index (χ0n) is 17.1. The molecule has 0 fully saturated rings. The maximum atomic E-state index is 13.4. The predicted molar refractivity (Wildman–Crippen MR) is 121 cm³/mol. The lowest BCUT2D eigenvalue weighted by molar-refractivity contribution is -0.137. The van der Waals surface area contributed by atoms with Gasteiger partial charge in [-0.15, -0.1) is 0 Å². The van der Waals surface area contributed by atoms with Crippen molar-refractivity contribution in [3.63, 3.8) is 0 Å². The van der Waals surface area contributed by atoms with Crippen molar-refractivity contribution in [2.75, 3.05) is 4.90 Å². The molecular weight excluding hydrogens is 488 g/mol. The van der Waals surface area contributed by atoms with Crippen molar-refractivity contribution in [3.8, 4) is 10.6 Å². The molecule has 5 nitrogen and oxygen atoms in total. The first-order valence-corrected chi connectivity index (χ1v) is 11.5. The van der Waals surface area contributed by atoms with Crippen LogP contribution >= 0.6 is 23.1 Å². The Bertz CT molecular complexity index is 1460. The van der Waals surface area contributed by atoms with Gasteiger partial charge in [0.2, 0.25) is 4.80 Å². The van der Waals surface area contributed by atoms with Crippen LogP contribution in [0.4, 0.5) is 28.9 Å². The van der Waals surface area contributed by atoms with Crippen LogP contribution in [0.1, 0.15) is 5.56 Å². The molecule has 0 radical (unpaired) electrons. The van der Waals surface area contributed by atoms with Crippen molar-refractivity contribution < 1.29 is 22.4 Å². The summed E-state index contributed by atoms with van der Waals surface area (Å²) in [6.45, 7) is -0.356. The van der Waals surface area contributed by atoms with Crippen LogP contribution in [0, 0.1) is 11.2 Å². The first-order valence-electron chi connectivity index (χ1n) is 9.90. The van der Waals surface area contributed by atoms with Crippen molar-refractivity contribution in [2.45, 2.75) is 22.5 Å². The van der Waals surface area contributed by atoms with E-state index in [9.17, 15) is 22.4 Å². The van der Waals surface area contributed by atoms with Crippen LogP contribution in [0.15, 0.2) is 76.5 Å². The van der Waals surface area contributed by atoms with E-state index in [0.29, 0.717) is 21.2 Å². The summed E-state index contributed by atoms with van der Waals surface area (Å²) in [6, 6.07) is 15.9. The summed E-state index contributed by atoms with van der Waals surface area (Å²) in [4.78, 5) is 15.9. The van der Waals surface area contributed by atoms with E-state index in [0.717, 1.165) is 28.4 Å². The third-order valence-electron chi connectivity index (χ3n) is 5.12. The van der Waals surface area contributed by atoms with Gasteiger partial charge >= 0.3 is 6.18 Å². The lowest BCUT2D eigenvalue weighted by Gasteiger charge is -2.31. The predicted octanol–water partition coefficient (Wildman–Crippen LogP) is 6.08. The Balaban J connectivity index is 1.53. The topological polar surface area (TPSA) is 62.0 Å². The van der Waals surface area contributed by atoms with Gasteiger partial charge in [0, 0.05) is 15.4 Å². The van der Waals surface area contributed by atoms with E-state index in [1.165, 1.54) is 51.7 Å². The van der Waals surface area contributed by atoms with Crippen LogP contribution in [0.25, 0.3) is 10.6 Å². The van der Waals surface area contributed by atoms with Crippen molar-refractivity contribution in [1.82, 2.24) is 9.78 Å². The highest BCUT2D eigenvalue weighted by Crippen LogP contribution is 2.49. The van der Waals surface area contributed by atoms with Crippen molar-refractivity contribution >= 4 is 40.4 Å². The molecule has 1 aromatic heterocycles. The minimum absolute atomic E-state index is 0.0170. The van der Waals surface area contributed by atoms with Crippen LogP contribution in [0.5, 0.6) is 0 Å². The highest BCUT2D eigenvalue weighted by molar-refractivity contribution is 7.99. The molecule has 172 valence electrons. The molecule has 0 saturated carbocycles. The quantitative estimate of drug-likeness (QED) is 0.346. The zero-order valence-corrected chi connectivity index (χ0v) is 18.8. The standard InChI is InChI=1S/C23H14F4N4OS2/c24-15-8-5-13(6-9-15)21-29-30(22(28)34-21)12-20(32)31-16-3-1-2-4-18(16)33-19-10-7-14(11-17(19)31)23(25,26)27/h1-11,28H,12H2. The van der Waals surface area contributed by atoms with E-state index in [1.54, 1.807) is 24.3 Å². The second-order valence-corrected chi connectivity index (χ2v) is 9.42. The molecule has 0 saturated heterocycles. The largest absolute Gasteiger partial charge is 0.416 e. The average Bonchev–Trinajstić information content (AvgIpc) is 3.16. The number of aromatic nitrogens is 2. The zero-order chi connectivity index (χ0) is 24.0. The summed E-state index contributed by atoms with van der Waals surface area (Å²) >= 11 is 2.30. The van der Waals surface area contributed by atoms with Gasteiger partial charge in [-0.25, -0.2) is 9.07 Å². The molecular formula is C23H14F4N4OS2. The maximum absolute atomic E-state index is 13.4. The summed E-state index contributed by atoms with van der Waals surface area (Å²) < 4.78 is 54.6. The maximum Gasteiger partial charge on any atom is 0.416 e. The Morgan fingerprint density at radius 2 is 1.68 bits per heavy atom. The second kappa shape index (κ2) is 8.41. The van der Waals surface area contributed by atoms with Crippen molar-refractivity contribution in [1.29, 1.82) is 5.41 Å². The summed E-state index contributed by atoms with van der Waals surface area (Å²) in [5, 5.41) is 12.9. The Labute approximate surface area is 198 Å². The number of carbonyl (C=O) groups is 1. The molecule has 0 aliphatic carbocycles. The number of hydrogen-bond acceptors (Lipinski definition) is 5. The number of halogens is 4. The van der Waals surface area contributed by atoms with Gasteiger partial charge in [-0.05, 0) is 54.6 Å². The lowest BCUT2D eigenvalue weighted by atomic mass is 10.1. The number of benzene rings is 3. The van der Waals surface area contributed by atoms with E-state index < -0.39 is 23.5 Å². The lowest BCUT2D eigenvalue weighted by Crippen LogP contribution is -2.34. The number of anilines is 2. The Hall–Kier alpha value is -3.44.